The van der Waals surface area contributed by atoms with Crippen molar-refractivity contribution in [3.63, 3.8) is 0 Å². The predicted octanol–water partition coefficient (Wildman–Crippen LogP) is 0.244. The molecule has 0 aliphatic carbocycles. The molecule has 0 fully saturated rings. The van der Waals surface area contributed by atoms with E-state index in [2.05, 4.69) is 10.0 Å². The maximum Gasteiger partial charge on any atom is 0.241 e. The molecule has 6 nitrogen and oxygen atoms in total. The Morgan fingerprint density at radius 2 is 2.10 bits per heavy atom. The van der Waals surface area contributed by atoms with Gasteiger partial charge in [-0.15, -0.1) is 0 Å². The highest BCUT2D eigenvalue weighted by Gasteiger charge is 2.27. The van der Waals surface area contributed by atoms with Crippen LogP contribution < -0.4 is 10.0 Å². The summed E-state index contributed by atoms with van der Waals surface area (Å²) in [5.41, 5.74) is 1.91. The van der Waals surface area contributed by atoms with E-state index in [1.165, 1.54) is 6.08 Å². The number of hydrogen-bond donors (Lipinski definition) is 2. The molecule has 8 heteroatoms. The molecule has 1 aromatic carbocycles. The summed E-state index contributed by atoms with van der Waals surface area (Å²) in [6.45, 7) is 0.801. The maximum atomic E-state index is 12.2. The summed E-state index contributed by atoms with van der Waals surface area (Å²) in [5.74, 6) is -0.227. The fourth-order valence-corrected chi connectivity index (χ4v) is 4.91. The van der Waals surface area contributed by atoms with Crippen LogP contribution in [0.15, 0.2) is 34.6 Å². The van der Waals surface area contributed by atoms with Crippen LogP contribution in [0.2, 0.25) is 0 Å². The van der Waals surface area contributed by atoms with Gasteiger partial charge < -0.3 is 5.32 Å². The fraction of sp³-hybridized carbons (Fsp3) is 0.333. The molecule has 2 aliphatic rings. The predicted molar refractivity (Wildman–Crippen MR) is 75.7 cm³/mol. The first-order valence-corrected chi connectivity index (χ1v) is 9.36. The summed E-state index contributed by atoms with van der Waals surface area (Å²) in [6.07, 6.45) is 2.24. The summed E-state index contributed by atoms with van der Waals surface area (Å²) in [5, 5.41) is 4.16. The number of sulfone groups is 1. The van der Waals surface area contributed by atoms with Crippen LogP contribution >= 0.6 is 0 Å². The molecular weight excluding hydrogens is 300 g/mol. The minimum Gasteiger partial charge on any atom is -0.384 e. The number of fused-ring (bicyclic) bond motifs is 1. The molecule has 2 heterocycles. The number of benzene rings is 1. The molecule has 0 saturated carbocycles. The highest BCUT2D eigenvalue weighted by molar-refractivity contribution is 7.94. The zero-order valence-electron chi connectivity index (χ0n) is 10.5. The van der Waals surface area contributed by atoms with E-state index in [-0.39, 0.29) is 10.6 Å². The highest BCUT2D eigenvalue weighted by Crippen LogP contribution is 2.25. The van der Waals surface area contributed by atoms with Crippen molar-refractivity contribution in [2.75, 3.05) is 17.6 Å². The molecule has 2 N–H and O–H groups in total. The molecule has 0 aromatic heterocycles. The van der Waals surface area contributed by atoms with Gasteiger partial charge in [-0.1, -0.05) is 12.1 Å². The van der Waals surface area contributed by atoms with Gasteiger partial charge in [0.25, 0.3) is 0 Å². The smallest absolute Gasteiger partial charge is 0.241 e. The third-order valence-electron chi connectivity index (χ3n) is 3.34. The Hall–Kier alpha value is -1.38. The summed E-state index contributed by atoms with van der Waals surface area (Å²) in [6, 6.07) is 4.20. The fourth-order valence-electron chi connectivity index (χ4n) is 2.35. The molecule has 0 spiro atoms. The molecule has 0 amide bonds. The van der Waals surface area contributed by atoms with Gasteiger partial charge in [-0.3, -0.25) is 0 Å². The lowest BCUT2D eigenvalue weighted by molar-refractivity contribution is 0.575. The van der Waals surface area contributed by atoms with Crippen LogP contribution in [0.1, 0.15) is 5.56 Å². The van der Waals surface area contributed by atoms with Gasteiger partial charge in [0, 0.05) is 17.6 Å². The molecular formula is C12H14N2O4S2. The number of hydrogen-bond acceptors (Lipinski definition) is 5. The minimum absolute atomic E-state index is 0.142. The van der Waals surface area contributed by atoms with Crippen molar-refractivity contribution in [2.45, 2.75) is 17.4 Å². The van der Waals surface area contributed by atoms with Gasteiger partial charge >= 0.3 is 0 Å². The first-order valence-electron chi connectivity index (χ1n) is 6.16. The van der Waals surface area contributed by atoms with Crippen LogP contribution in [0.4, 0.5) is 5.69 Å². The third kappa shape index (κ3) is 2.58. The molecule has 1 atom stereocenters. The van der Waals surface area contributed by atoms with E-state index in [1.807, 2.05) is 0 Å². The Labute approximate surface area is 117 Å². The van der Waals surface area contributed by atoms with Gasteiger partial charge in [0.1, 0.15) is 0 Å². The van der Waals surface area contributed by atoms with E-state index in [4.69, 9.17) is 0 Å². The first-order chi connectivity index (χ1) is 9.36. The van der Waals surface area contributed by atoms with Crippen LogP contribution in [0.5, 0.6) is 0 Å². The van der Waals surface area contributed by atoms with Crippen molar-refractivity contribution >= 4 is 25.5 Å². The quantitative estimate of drug-likeness (QED) is 0.834. The third-order valence-corrected chi connectivity index (χ3v) is 6.22. The monoisotopic (exact) mass is 314 g/mol. The molecule has 0 bridgehead atoms. The zero-order valence-corrected chi connectivity index (χ0v) is 12.2. The van der Waals surface area contributed by atoms with Crippen molar-refractivity contribution in [1.29, 1.82) is 0 Å². The number of anilines is 1. The lowest BCUT2D eigenvalue weighted by atomic mass is 10.2. The Morgan fingerprint density at radius 1 is 1.30 bits per heavy atom. The van der Waals surface area contributed by atoms with E-state index in [0.717, 1.165) is 29.6 Å². The van der Waals surface area contributed by atoms with Gasteiger partial charge in [-0.25, -0.2) is 21.6 Å². The summed E-state index contributed by atoms with van der Waals surface area (Å²) in [7, 11) is -7.00. The van der Waals surface area contributed by atoms with Crippen molar-refractivity contribution in [2.24, 2.45) is 0 Å². The Bertz CT molecular complexity index is 782. The minimum atomic E-state index is -3.72. The zero-order chi connectivity index (χ0) is 14.4. The van der Waals surface area contributed by atoms with Gasteiger partial charge in [0.2, 0.25) is 10.0 Å². The van der Waals surface area contributed by atoms with Crippen LogP contribution in [-0.2, 0) is 26.3 Å². The van der Waals surface area contributed by atoms with Crippen molar-refractivity contribution < 1.29 is 16.8 Å². The second-order valence-electron chi connectivity index (χ2n) is 4.88. The van der Waals surface area contributed by atoms with Crippen molar-refractivity contribution in [1.82, 2.24) is 4.72 Å². The highest BCUT2D eigenvalue weighted by atomic mass is 32.2. The van der Waals surface area contributed by atoms with Gasteiger partial charge in [-0.05, 0) is 24.1 Å². The van der Waals surface area contributed by atoms with E-state index < -0.39 is 25.9 Å². The maximum absolute atomic E-state index is 12.2. The number of nitrogens with one attached hydrogen (secondary N) is 2. The van der Waals surface area contributed by atoms with E-state index in [0.29, 0.717) is 0 Å². The summed E-state index contributed by atoms with van der Waals surface area (Å²) in [4.78, 5) is 0.142. The lowest BCUT2D eigenvalue weighted by Crippen LogP contribution is -2.35. The van der Waals surface area contributed by atoms with E-state index in [9.17, 15) is 16.8 Å². The van der Waals surface area contributed by atoms with Crippen LogP contribution in [-0.4, -0.2) is 35.2 Å². The molecule has 20 heavy (non-hydrogen) atoms. The van der Waals surface area contributed by atoms with Crippen LogP contribution in [0.3, 0.4) is 0 Å². The van der Waals surface area contributed by atoms with E-state index in [1.54, 1.807) is 18.2 Å². The van der Waals surface area contributed by atoms with Gasteiger partial charge in [-0.2, -0.15) is 0 Å². The molecule has 1 aromatic rings. The van der Waals surface area contributed by atoms with Crippen molar-refractivity contribution in [3.05, 3.63) is 35.2 Å². The number of rotatable bonds is 3. The van der Waals surface area contributed by atoms with Crippen LogP contribution in [0, 0.1) is 0 Å². The molecule has 0 saturated heterocycles. The first kappa shape index (κ1) is 13.6. The average Bonchev–Trinajstić information content (AvgIpc) is 2.94. The topological polar surface area (TPSA) is 92.3 Å². The van der Waals surface area contributed by atoms with Gasteiger partial charge in [0.05, 0.1) is 16.7 Å². The standard InChI is InChI=1S/C12H14N2O4S2/c15-19(16)6-4-10(8-19)14-20(17,18)11-2-1-9-3-5-13-12(9)7-11/h1-2,4,6-7,10,13-14H,3,5,8H2. The Kier molecular flexibility index (Phi) is 3.11. The molecule has 3 rings (SSSR count). The molecule has 2 aliphatic heterocycles. The summed E-state index contributed by atoms with van der Waals surface area (Å²) >= 11 is 0. The Morgan fingerprint density at radius 3 is 2.80 bits per heavy atom. The summed E-state index contributed by atoms with van der Waals surface area (Å²) < 4.78 is 49.4. The van der Waals surface area contributed by atoms with E-state index >= 15 is 0 Å². The van der Waals surface area contributed by atoms with Gasteiger partial charge in [0.15, 0.2) is 9.84 Å². The normalized spacial score (nSPS) is 23.5. The SMILES string of the molecule is O=S1(=O)C=CC(NS(=O)(=O)c2ccc3c(c2)NCC3)C1. The van der Waals surface area contributed by atoms with Crippen molar-refractivity contribution in [3.8, 4) is 0 Å². The molecule has 1 unspecified atom stereocenters. The molecule has 0 radical (unpaired) electrons. The lowest BCUT2D eigenvalue weighted by Gasteiger charge is -2.12. The average molecular weight is 314 g/mol. The largest absolute Gasteiger partial charge is 0.384 e. The number of sulfonamides is 1. The second-order valence-corrected chi connectivity index (χ2v) is 8.53. The Balaban J connectivity index is 1.84. The van der Waals surface area contributed by atoms with Crippen LogP contribution in [0.25, 0.3) is 0 Å². The second kappa shape index (κ2) is 4.57. The molecule has 108 valence electrons.